The van der Waals surface area contributed by atoms with Crippen molar-refractivity contribution in [1.29, 1.82) is 0 Å². The first-order valence-corrected chi connectivity index (χ1v) is 7.12. The summed E-state index contributed by atoms with van der Waals surface area (Å²) in [4.78, 5) is 0. The van der Waals surface area contributed by atoms with Gasteiger partial charge in [0.25, 0.3) is 0 Å². The Labute approximate surface area is 124 Å². The van der Waals surface area contributed by atoms with E-state index >= 15 is 0 Å². The molecule has 0 aliphatic carbocycles. The number of aromatic hydroxyl groups is 2. The van der Waals surface area contributed by atoms with Crippen LogP contribution in [0.2, 0.25) is 0 Å². The third-order valence-corrected chi connectivity index (χ3v) is 3.86. The van der Waals surface area contributed by atoms with Crippen molar-refractivity contribution in [2.75, 3.05) is 0 Å². The molecule has 0 amide bonds. The van der Waals surface area contributed by atoms with E-state index in [1.807, 2.05) is 25.1 Å². The van der Waals surface area contributed by atoms with Crippen LogP contribution in [-0.2, 0) is 0 Å². The van der Waals surface area contributed by atoms with E-state index in [4.69, 9.17) is 4.74 Å². The molecule has 0 saturated heterocycles. The summed E-state index contributed by atoms with van der Waals surface area (Å²) in [6.45, 7) is 4.12. The van der Waals surface area contributed by atoms with Crippen molar-refractivity contribution in [1.82, 2.24) is 0 Å². The molecule has 3 rings (SSSR count). The minimum atomic E-state index is -0.0983. The molecule has 0 unspecified atom stereocenters. The minimum absolute atomic E-state index is 0.0983. The van der Waals surface area contributed by atoms with Crippen LogP contribution in [0.15, 0.2) is 42.5 Å². The van der Waals surface area contributed by atoms with Crippen molar-refractivity contribution in [3.05, 3.63) is 53.6 Å². The monoisotopic (exact) mass is 282 g/mol. The number of allylic oxidation sites excluding steroid dienone is 1. The molecule has 2 N–H and O–H groups in total. The van der Waals surface area contributed by atoms with Gasteiger partial charge in [-0.05, 0) is 48.7 Å². The quantitative estimate of drug-likeness (QED) is 0.868. The first-order valence-electron chi connectivity index (χ1n) is 7.12. The van der Waals surface area contributed by atoms with Crippen LogP contribution in [0.25, 0.3) is 11.1 Å². The zero-order chi connectivity index (χ0) is 15.0. The maximum absolute atomic E-state index is 9.62. The van der Waals surface area contributed by atoms with Gasteiger partial charge in [-0.25, -0.2) is 0 Å². The van der Waals surface area contributed by atoms with Gasteiger partial charge in [-0.3, -0.25) is 0 Å². The van der Waals surface area contributed by atoms with Crippen molar-refractivity contribution >= 4 is 11.1 Å². The molecule has 0 fully saturated rings. The van der Waals surface area contributed by atoms with Crippen LogP contribution in [-0.4, -0.2) is 16.3 Å². The summed E-state index contributed by atoms with van der Waals surface area (Å²) in [5.74, 6) is 1.19. The second-order valence-corrected chi connectivity index (χ2v) is 5.23. The fraction of sp³-hybridized carbons (Fsp3) is 0.222. The topological polar surface area (TPSA) is 49.7 Å². The second-order valence-electron chi connectivity index (χ2n) is 5.23. The van der Waals surface area contributed by atoms with Crippen molar-refractivity contribution in [3.63, 3.8) is 0 Å². The number of phenolic OH excluding ortho intramolecular Hbond substituents is 2. The number of benzene rings is 2. The van der Waals surface area contributed by atoms with E-state index in [0.717, 1.165) is 28.9 Å². The van der Waals surface area contributed by atoms with Crippen molar-refractivity contribution in [2.45, 2.75) is 26.4 Å². The Hall–Kier alpha value is -2.42. The number of hydrogen-bond donors (Lipinski definition) is 2. The summed E-state index contributed by atoms with van der Waals surface area (Å²) >= 11 is 0. The van der Waals surface area contributed by atoms with Gasteiger partial charge in [0.15, 0.2) is 0 Å². The third-order valence-electron chi connectivity index (χ3n) is 3.86. The predicted octanol–water partition coefficient (Wildman–Crippen LogP) is 4.20. The highest BCUT2D eigenvalue weighted by atomic mass is 16.5. The summed E-state index contributed by atoms with van der Waals surface area (Å²) in [5, 5.41) is 19.1. The maximum Gasteiger partial charge on any atom is 0.131 e. The number of ether oxygens (including phenoxy) is 1. The molecule has 0 aromatic heterocycles. The summed E-state index contributed by atoms with van der Waals surface area (Å²) < 4.78 is 5.96. The molecule has 1 aliphatic rings. The Balaban J connectivity index is 2.20. The Morgan fingerprint density at radius 2 is 1.67 bits per heavy atom. The van der Waals surface area contributed by atoms with Crippen molar-refractivity contribution in [2.24, 2.45) is 0 Å². The molecule has 2 aromatic rings. The molecule has 0 spiro atoms. The highest BCUT2D eigenvalue weighted by Gasteiger charge is 2.26. The lowest BCUT2D eigenvalue weighted by molar-refractivity contribution is 0.272. The van der Waals surface area contributed by atoms with Crippen LogP contribution in [0.4, 0.5) is 0 Å². The molecular formula is C18H18O3. The van der Waals surface area contributed by atoms with Crippen LogP contribution in [0.5, 0.6) is 17.2 Å². The number of hydrogen-bond acceptors (Lipinski definition) is 3. The normalized spacial score (nSPS) is 17.3. The van der Waals surface area contributed by atoms with Crippen LogP contribution in [0.1, 0.15) is 31.4 Å². The van der Waals surface area contributed by atoms with Gasteiger partial charge >= 0.3 is 0 Å². The SMILES string of the molecule is CCC1=C(c2ccc(O)cc2)[C@H](C)Oc2cc(O)ccc21. The van der Waals surface area contributed by atoms with E-state index in [1.165, 1.54) is 5.57 Å². The van der Waals surface area contributed by atoms with Gasteiger partial charge in [0.05, 0.1) is 0 Å². The lowest BCUT2D eigenvalue weighted by Gasteiger charge is -2.29. The minimum Gasteiger partial charge on any atom is -0.508 e. The standard InChI is InChI=1S/C18H18O3/c1-3-15-16-9-8-14(20)10-17(16)21-11(2)18(15)12-4-6-13(19)7-5-12/h4-11,19-20H,3H2,1-2H3/t11-/m0/s1. The lowest BCUT2D eigenvalue weighted by Crippen LogP contribution is -2.20. The van der Waals surface area contributed by atoms with Gasteiger partial charge in [-0.15, -0.1) is 0 Å². The lowest BCUT2D eigenvalue weighted by atomic mass is 9.87. The highest BCUT2D eigenvalue weighted by molar-refractivity contribution is 5.95. The van der Waals surface area contributed by atoms with Crippen molar-refractivity contribution < 1.29 is 14.9 Å². The average molecular weight is 282 g/mol. The highest BCUT2D eigenvalue weighted by Crippen LogP contribution is 2.43. The molecule has 1 atom stereocenters. The second kappa shape index (κ2) is 5.17. The number of fused-ring (bicyclic) bond motifs is 1. The van der Waals surface area contributed by atoms with Gasteiger partial charge in [0.2, 0.25) is 0 Å². The van der Waals surface area contributed by atoms with Gasteiger partial charge in [-0.2, -0.15) is 0 Å². The predicted molar refractivity (Wildman–Crippen MR) is 83.4 cm³/mol. The molecule has 3 nitrogen and oxygen atoms in total. The Kier molecular flexibility index (Phi) is 3.34. The van der Waals surface area contributed by atoms with E-state index in [9.17, 15) is 10.2 Å². The maximum atomic E-state index is 9.62. The number of phenols is 2. The number of rotatable bonds is 2. The first kappa shape index (κ1) is 13.6. The molecular weight excluding hydrogens is 264 g/mol. The Morgan fingerprint density at radius 3 is 2.33 bits per heavy atom. The molecule has 0 bridgehead atoms. The summed E-state index contributed by atoms with van der Waals surface area (Å²) in [6, 6.07) is 12.4. The molecule has 1 aliphatic heterocycles. The molecule has 0 saturated carbocycles. The van der Waals surface area contributed by atoms with E-state index in [1.54, 1.807) is 24.3 Å². The van der Waals surface area contributed by atoms with E-state index in [-0.39, 0.29) is 17.6 Å². The van der Waals surface area contributed by atoms with E-state index in [2.05, 4.69) is 6.92 Å². The molecule has 108 valence electrons. The van der Waals surface area contributed by atoms with Crippen LogP contribution >= 0.6 is 0 Å². The molecule has 1 heterocycles. The zero-order valence-electron chi connectivity index (χ0n) is 12.1. The van der Waals surface area contributed by atoms with Crippen LogP contribution < -0.4 is 4.74 Å². The first-order chi connectivity index (χ1) is 10.1. The molecule has 0 radical (unpaired) electrons. The zero-order valence-corrected chi connectivity index (χ0v) is 12.1. The third kappa shape index (κ3) is 2.35. The van der Waals surface area contributed by atoms with Gasteiger partial charge < -0.3 is 14.9 Å². The molecule has 2 aromatic carbocycles. The van der Waals surface area contributed by atoms with Crippen LogP contribution in [0.3, 0.4) is 0 Å². The fourth-order valence-electron chi connectivity index (χ4n) is 2.93. The van der Waals surface area contributed by atoms with Gasteiger partial charge in [0.1, 0.15) is 23.4 Å². The smallest absolute Gasteiger partial charge is 0.131 e. The molecule has 21 heavy (non-hydrogen) atoms. The van der Waals surface area contributed by atoms with E-state index in [0.29, 0.717) is 0 Å². The summed E-state index contributed by atoms with van der Waals surface area (Å²) in [5.41, 5.74) is 4.43. The van der Waals surface area contributed by atoms with Gasteiger partial charge in [-0.1, -0.05) is 19.1 Å². The van der Waals surface area contributed by atoms with E-state index < -0.39 is 0 Å². The molecule has 3 heteroatoms. The Morgan fingerprint density at radius 1 is 1.00 bits per heavy atom. The fourth-order valence-corrected chi connectivity index (χ4v) is 2.93. The van der Waals surface area contributed by atoms with Crippen LogP contribution in [0, 0.1) is 0 Å². The van der Waals surface area contributed by atoms with Crippen molar-refractivity contribution in [3.8, 4) is 17.2 Å². The summed E-state index contributed by atoms with van der Waals surface area (Å²) in [6.07, 6.45) is 0.778. The van der Waals surface area contributed by atoms with Gasteiger partial charge in [0, 0.05) is 17.2 Å². The summed E-state index contributed by atoms with van der Waals surface area (Å²) in [7, 11) is 0. The Bertz CT molecular complexity index is 699. The largest absolute Gasteiger partial charge is 0.508 e. The average Bonchev–Trinajstić information content (AvgIpc) is 2.46.